The van der Waals surface area contributed by atoms with E-state index in [1.165, 1.54) is 38.1 Å². The molecule has 3 rings (SSSR count). The van der Waals surface area contributed by atoms with Crippen LogP contribution in [0.4, 0.5) is 52.7 Å². The molecule has 24 heteroatoms. The average Bonchev–Trinajstić information content (AvgIpc) is 3.76. The summed E-state index contributed by atoms with van der Waals surface area (Å²) in [6.07, 6.45) is -11.9. The highest BCUT2D eigenvalue weighted by molar-refractivity contribution is 6.09. The molecule has 0 aliphatic heterocycles. The predicted molar refractivity (Wildman–Crippen MR) is 229 cm³/mol. The molecular formula is C45H53F12N7O5. The number of aliphatic hydroxyl groups is 1. The van der Waals surface area contributed by atoms with Crippen LogP contribution in [0.25, 0.3) is 16.7 Å². The van der Waals surface area contributed by atoms with Gasteiger partial charge in [0.1, 0.15) is 23.5 Å². The largest absolute Gasteiger partial charge is 0.404 e. The van der Waals surface area contributed by atoms with E-state index in [2.05, 4.69) is 20.8 Å². The number of Topliss-reactive ketones (excluding diaryl/α,β-unsaturated/α-hetero) is 2. The van der Waals surface area contributed by atoms with E-state index in [1.807, 2.05) is 0 Å². The van der Waals surface area contributed by atoms with E-state index in [0.29, 0.717) is 67.5 Å². The normalized spacial score (nSPS) is 14.9. The van der Waals surface area contributed by atoms with Crippen molar-refractivity contribution in [3.05, 3.63) is 83.3 Å². The first-order chi connectivity index (χ1) is 31.9. The lowest BCUT2D eigenvalue weighted by Gasteiger charge is -2.38. The number of halogens is 12. The second-order valence-corrected chi connectivity index (χ2v) is 17.3. The van der Waals surface area contributed by atoms with Gasteiger partial charge in [0.05, 0.1) is 29.0 Å². The van der Waals surface area contributed by atoms with Crippen LogP contribution in [0.2, 0.25) is 0 Å². The molecular weight excluding hydrogens is 947 g/mol. The highest BCUT2D eigenvalue weighted by Gasteiger charge is 2.56. The predicted octanol–water partition coefficient (Wildman–Crippen LogP) is 8.89. The number of nitrogens with one attached hydrogen (secondary N) is 2. The van der Waals surface area contributed by atoms with Gasteiger partial charge in [-0.2, -0.15) is 49.0 Å². The van der Waals surface area contributed by atoms with Crippen molar-refractivity contribution in [2.24, 2.45) is 33.4 Å². The Balaban J connectivity index is 2.22. The maximum absolute atomic E-state index is 15.9. The van der Waals surface area contributed by atoms with Gasteiger partial charge in [0.25, 0.3) is 0 Å². The Bertz CT molecular complexity index is 2290. The molecule has 0 saturated heterocycles. The molecule has 4 atom stereocenters. The van der Waals surface area contributed by atoms with Crippen molar-refractivity contribution in [2.75, 3.05) is 6.54 Å². The molecule has 1 aromatic heterocycles. The van der Waals surface area contributed by atoms with Crippen molar-refractivity contribution in [3.8, 4) is 11.1 Å². The summed E-state index contributed by atoms with van der Waals surface area (Å²) in [6.45, 7) is -3.17. The lowest BCUT2D eigenvalue weighted by Crippen LogP contribution is -2.57. The molecule has 0 aliphatic rings. The SMILES string of the molecule is CCC(=O)C[C@H](C(=O)NN(Cc1c(F)cc(C(C=NC(F)F)=CN)cc1F)C[C@H](O)[C@@H](CC(=O)[C@@H](NC(=O)CC)C(C)(C)C(F)(F)F)Cc1ccc(-c2cnn(C(F)F)c2)cc1)C(C)(C)C(F)(F)F. The molecule has 2 amide bonds. The van der Waals surface area contributed by atoms with Crippen molar-refractivity contribution in [1.29, 1.82) is 0 Å². The van der Waals surface area contributed by atoms with Crippen molar-refractivity contribution in [3.63, 3.8) is 0 Å². The van der Waals surface area contributed by atoms with Crippen LogP contribution in [-0.4, -0.2) is 87.1 Å². The molecule has 1 heterocycles. The van der Waals surface area contributed by atoms with Gasteiger partial charge in [-0.1, -0.05) is 52.0 Å². The number of ketones is 2. The number of hydrazine groups is 1. The number of alkyl halides is 10. The smallest absolute Gasteiger partial charge is 0.396 e. The Hall–Kier alpha value is -5.78. The molecule has 2 aromatic carbocycles. The molecule has 0 fully saturated rings. The molecule has 5 N–H and O–H groups in total. The topological polar surface area (TPSA) is 172 Å². The summed E-state index contributed by atoms with van der Waals surface area (Å²) in [5, 5.41) is 18.2. The summed E-state index contributed by atoms with van der Waals surface area (Å²) in [6, 6.07) is 4.66. The zero-order chi connectivity index (χ0) is 52.4. The number of allylic oxidation sites excluding steroid dienone is 1. The van der Waals surface area contributed by atoms with Gasteiger partial charge in [-0.05, 0) is 55.0 Å². The number of carbonyl (C=O) groups excluding carboxylic acids is 4. The average molecular weight is 1000 g/mol. The summed E-state index contributed by atoms with van der Waals surface area (Å²) < 4.78 is 171. The summed E-state index contributed by atoms with van der Waals surface area (Å²) in [5.41, 5.74) is 0.824. The monoisotopic (exact) mass is 999 g/mol. The highest BCUT2D eigenvalue weighted by Crippen LogP contribution is 2.46. The number of aliphatic hydroxyl groups excluding tert-OH is 1. The fraction of sp³-hybridized carbons (Fsp3) is 0.511. The van der Waals surface area contributed by atoms with Crippen LogP contribution in [-0.2, 0) is 32.1 Å². The van der Waals surface area contributed by atoms with Gasteiger partial charge in [-0.3, -0.25) is 24.6 Å². The molecule has 69 heavy (non-hydrogen) atoms. The Kier molecular flexibility index (Phi) is 19.8. The van der Waals surface area contributed by atoms with E-state index in [4.69, 9.17) is 5.73 Å². The molecule has 0 bridgehead atoms. The molecule has 0 spiro atoms. The van der Waals surface area contributed by atoms with E-state index in [0.717, 1.165) is 12.4 Å². The van der Waals surface area contributed by atoms with Crippen LogP contribution in [0.1, 0.15) is 90.5 Å². The van der Waals surface area contributed by atoms with Gasteiger partial charge in [0, 0.05) is 74.1 Å². The second kappa shape index (κ2) is 23.7. The lowest BCUT2D eigenvalue weighted by molar-refractivity contribution is -0.230. The van der Waals surface area contributed by atoms with Crippen LogP contribution in [0.3, 0.4) is 0 Å². The summed E-state index contributed by atoms with van der Waals surface area (Å²) in [5.74, 6) is -11.1. The van der Waals surface area contributed by atoms with Gasteiger partial charge in [0.2, 0.25) is 11.8 Å². The minimum Gasteiger partial charge on any atom is -0.404 e. The zero-order valence-electron chi connectivity index (χ0n) is 38.2. The van der Waals surface area contributed by atoms with E-state index >= 15 is 8.78 Å². The number of carbonyl (C=O) groups is 4. The van der Waals surface area contributed by atoms with Crippen LogP contribution in [0.15, 0.2) is 60.0 Å². The molecule has 3 aromatic rings. The third-order valence-corrected chi connectivity index (χ3v) is 11.7. The molecule has 0 aliphatic carbocycles. The second-order valence-electron chi connectivity index (χ2n) is 17.3. The maximum atomic E-state index is 15.9. The fourth-order valence-corrected chi connectivity index (χ4v) is 7.01. The highest BCUT2D eigenvalue weighted by atomic mass is 19.4. The Morgan fingerprint density at radius 2 is 1.45 bits per heavy atom. The zero-order valence-corrected chi connectivity index (χ0v) is 38.2. The summed E-state index contributed by atoms with van der Waals surface area (Å²) in [4.78, 5) is 56.0. The molecule has 382 valence electrons. The minimum absolute atomic E-state index is 0.237. The van der Waals surface area contributed by atoms with Crippen LogP contribution in [0.5, 0.6) is 0 Å². The number of nitrogens with two attached hydrogens (primary N) is 1. The number of rotatable bonds is 24. The molecule has 0 saturated carbocycles. The quantitative estimate of drug-likeness (QED) is 0.0298. The third-order valence-electron chi connectivity index (χ3n) is 11.7. The van der Waals surface area contributed by atoms with E-state index in [-0.39, 0.29) is 29.5 Å². The van der Waals surface area contributed by atoms with Gasteiger partial charge in [-0.25, -0.2) is 23.5 Å². The van der Waals surface area contributed by atoms with E-state index < -0.39 is 139 Å². The maximum Gasteiger partial charge on any atom is 0.396 e. The van der Waals surface area contributed by atoms with Crippen molar-refractivity contribution in [1.82, 2.24) is 25.5 Å². The van der Waals surface area contributed by atoms with Gasteiger partial charge in [0.15, 0.2) is 5.78 Å². The van der Waals surface area contributed by atoms with Crippen molar-refractivity contribution in [2.45, 2.75) is 118 Å². The molecule has 0 radical (unpaired) electrons. The Labute approximate surface area is 389 Å². The summed E-state index contributed by atoms with van der Waals surface area (Å²) in [7, 11) is 0. The Morgan fingerprint density at radius 1 is 0.870 bits per heavy atom. The number of hydrogen-bond donors (Lipinski definition) is 4. The standard InChI is InChI=1S/C45H53F12N7O5/c1-7-30(65)17-32(42(3,4)44(52,53)54)39(69)62-63(22-31-33(46)14-26(15-34(31)47)28(18-58)19-59-40(48)49)23-36(67)27(16-35(66)38(61-37(68)8-2)43(5,6)45(55,56)57)13-24-9-11-25(12-10-24)29-20-60-64(21-29)41(50)51/h9-12,14-15,18-21,27,32,36,38,40-41,67H,7-8,13,16-17,22-23,58H2,1-6H3,(H,61,68)(H,62,69)/t27-,32-,36+,38-/m1/s1. The molecule has 0 unspecified atom stereocenters. The molecule has 12 nitrogen and oxygen atoms in total. The van der Waals surface area contributed by atoms with E-state index in [9.17, 15) is 68.2 Å². The van der Waals surface area contributed by atoms with Crippen molar-refractivity contribution >= 4 is 35.2 Å². The van der Waals surface area contributed by atoms with Gasteiger partial charge in [-0.15, -0.1) is 0 Å². The summed E-state index contributed by atoms with van der Waals surface area (Å²) >= 11 is 0. The third kappa shape index (κ3) is 15.1. The van der Waals surface area contributed by atoms with Crippen LogP contribution < -0.4 is 16.5 Å². The fourth-order valence-electron chi connectivity index (χ4n) is 7.01. The number of nitrogens with zero attached hydrogens (tertiary/aromatic N) is 4. The number of hydrogen-bond acceptors (Lipinski definition) is 9. The number of amides is 2. The van der Waals surface area contributed by atoms with Gasteiger partial charge < -0.3 is 16.2 Å². The number of benzene rings is 2. The Morgan fingerprint density at radius 3 is 1.93 bits per heavy atom. The van der Waals surface area contributed by atoms with Crippen LogP contribution >= 0.6 is 0 Å². The number of aromatic nitrogens is 2. The van der Waals surface area contributed by atoms with Crippen molar-refractivity contribution < 1.29 is 77.0 Å². The first-order valence-electron chi connectivity index (χ1n) is 21.2. The van der Waals surface area contributed by atoms with E-state index in [1.54, 1.807) is 0 Å². The lowest BCUT2D eigenvalue weighted by atomic mass is 9.74. The first-order valence-corrected chi connectivity index (χ1v) is 21.2. The number of aliphatic imine (C=N–C) groups is 1. The first kappa shape index (κ1) is 57.5. The van der Waals surface area contributed by atoms with Crippen LogP contribution in [0, 0.1) is 34.3 Å². The minimum atomic E-state index is -5.12. The van der Waals surface area contributed by atoms with Gasteiger partial charge >= 0.3 is 25.5 Å².